The van der Waals surface area contributed by atoms with Crippen molar-refractivity contribution in [1.82, 2.24) is 0 Å². The first-order valence-electron chi connectivity index (χ1n) is 18.6. The number of aliphatic hydroxyl groups excluding tert-OH is 10. The Hall–Kier alpha value is -3.67. The van der Waals surface area contributed by atoms with Gasteiger partial charge in [-0.1, -0.05) is 12.1 Å². The molecule has 7 rings (SSSR count). The number of aliphatic hydroxyl groups is 12. The van der Waals surface area contributed by atoms with Crippen molar-refractivity contribution in [3.8, 4) is 28.4 Å². The average Bonchev–Trinajstić information content (AvgIpc) is 3.67. The van der Waals surface area contributed by atoms with Crippen LogP contribution in [0.25, 0.3) is 22.1 Å². The van der Waals surface area contributed by atoms with Crippen molar-refractivity contribution >= 4 is 11.0 Å². The summed E-state index contributed by atoms with van der Waals surface area (Å²) < 4.78 is 49.1. The molecule has 0 amide bonds. The Balaban J connectivity index is 0.958. The molecular formula is C37H46O23. The predicted molar refractivity (Wildman–Crippen MR) is 192 cm³/mol. The maximum absolute atomic E-state index is 13.6. The summed E-state index contributed by atoms with van der Waals surface area (Å²) in [6, 6.07) is 8.09. The molecule has 0 bridgehead atoms. The lowest BCUT2D eigenvalue weighted by atomic mass is 9.98. The first-order chi connectivity index (χ1) is 28.5. The normalized spacial score (nSPS) is 39.6. The number of benzene rings is 2. The van der Waals surface area contributed by atoms with E-state index in [-0.39, 0.29) is 28.0 Å². The Morgan fingerprint density at radius 2 is 1.12 bits per heavy atom. The molecule has 0 aliphatic carbocycles. The summed E-state index contributed by atoms with van der Waals surface area (Å²) in [5.41, 5.74) is -4.63. The van der Waals surface area contributed by atoms with Gasteiger partial charge in [-0.15, -0.1) is 0 Å². The minimum atomic E-state index is -2.13. The average molecular weight is 859 g/mol. The van der Waals surface area contributed by atoms with Crippen LogP contribution in [0.5, 0.6) is 17.2 Å². The van der Waals surface area contributed by atoms with E-state index in [1.807, 2.05) is 0 Å². The third-order valence-electron chi connectivity index (χ3n) is 10.8. The van der Waals surface area contributed by atoms with Crippen molar-refractivity contribution in [2.24, 2.45) is 0 Å². The van der Waals surface area contributed by atoms with Crippen LogP contribution in [0.2, 0.25) is 0 Å². The standard InChI is InChI=1S/C37H46O23/c38-7-20-24(42)26(44)28(46)32(59-20)53-10-36(50)12-55-34(30(36)48)57-15-3-1-14(2-4-15)17-9-52-19-6-16(5-18(40)22(19)23(17)41)58-35-31(49)37(51,13-56-35)11-54-33-29(47)27(45)25(43)21(8-39)60-33/h1-6,9,20-21,24-35,38-40,42-51H,7-8,10-13H2/t20?,21?,24-,25+,26+,27?,28?,29?,30-,31?,32-,33+,34+,35+,36?,37+/m1/s1. The molecule has 1 aromatic heterocycles. The van der Waals surface area contributed by atoms with Crippen molar-refractivity contribution in [3.63, 3.8) is 0 Å². The van der Waals surface area contributed by atoms with Gasteiger partial charge in [-0.3, -0.25) is 4.79 Å². The Bertz CT molecular complexity index is 1990. The topological polar surface area (TPSA) is 367 Å². The van der Waals surface area contributed by atoms with E-state index in [0.717, 1.165) is 12.3 Å². The van der Waals surface area contributed by atoms with Gasteiger partial charge in [0.05, 0.1) is 45.2 Å². The number of aromatic hydroxyl groups is 1. The van der Waals surface area contributed by atoms with Crippen LogP contribution >= 0.6 is 0 Å². The first kappa shape index (κ1) is 44.4. The van der Waals surface area contributed by atoms with E-state index < -0.39 is 148 Å². The van der Waals surface area contributed by atoms with Gasteiger partial charge in [-0.25, -0.2) is 0 Å². The fraction of sp³-hybridized carbons (Fsp3) is 0.595. The van der Waals surface area contributed by atoms with Gasteiger partial charge in [0, 0.05) is 12.1 Å². The molecular weight excluding hydrogens is 812 g/mol. The highest BCUT2D eigenvalue weighted by atomic mass is 16.7. The van der Waals surface area contributed by atoms with Gasteiger partial charge in [0.25, 0.3) is 0 Å². The molecule has 60 heavy (non-hydrogen) atoms. The van der Waals surface area contributed by atoms with Crippen LogP contribution in [0, 0.1) is 0 Å². The summed E-state index contributed by atoms with van der Waals surface area (Å²) in [6.45, 7) is -3.81. The summed E-state index contributed by atoms with van der Waals surface area (Å²) in [5.74, 6) is -0.563. The van der Waals surface area contributed by atoms with Crippen molar-refractivity contribution < 1.29 is 109 Å². The van der Waals surface area contributed by atoms with Crippen LogP contribution in [-0.2, 0) is 28.4 Å². The molecule has 0 saturated carbocycles. The highest BCUT2D eigenvalue weighted by Gasteiger charge is 2.53. The molecule has 4 saturated heterocycles. The second-order valence-electron chi connectivity index (χ2n) is 15.0. The van der Waals surface area contributed by atoms with Crippen LogP contribution < -0.4 is 14.9 Å². The third-order valence-corrected chi connectivity index (χ3v) is 10.8. The zero-order valence-electron chi connectivity index (χ0n) is 31.3. The molecule has 5 heterocycles. The molecule has 16 atom stereocenters. The summed E-state index contributed by atoms with van der Waals surface area (Å²) in [7, 11) is 0. The lowest BCUT2D eigenvalue weighted by Crippen LogP contribution is -2.60. The van der Waals surface area contributed by atoms with Gasteiger partial charge in [0.2, 0.25) is 18.0 Å². The lowest BCUT2D eigenvalue weighted by molar-refractivity contribution is -0.310. The van der Waals surface area contributed by atoms with E-state index in [1.165, 1.54) is 30.3 Å². The number of phenols is 1. The smallest absolute Gasteiger partial charge is 0.229 e. The number of fused-ring (bicyclic) bond motifs is 1. The van der Waals surface area contributed by atoms with Crippen molar-refractivity contribution in [3.05, 3.63) is 52.9 Å². The van der Waals surface area contributed by atoms with Crippen molar-refractivity contribution in [2.75, 3.05) is 39.6 Å². The highest BCUT2D eigenvalue weighted by molar-refractivity contribution is 5.88. The molecule has 23 heteroatoms. The van der Waals surface area contributed by atoms with Gasteiger partial charge < -0.3 is 109 Å². The number of hydrogen-bond donors (Lipinski definition) is 13. The zero-order valence-corrected chi connectivity index (χ0v) is 31.3. The van der Waals surface area contributed by atoms with Gasteiger partial charge in [0.15, 0.2) is 12.6 Å². The van der Waals surface area contributed by atoms with Crippen LogP contribution in [-0.4, -0.2) is 203 Å². The van der Waals surface area contributed by atoms with Gasteiger partial charge >= 0.3 is 0 Å². The largest absolute Gasteiger partial charge is 0.507 e. The van der Waals surface area contributed by atoms with Crippen molar-refractivity contribution in [1.29, 1.82) is 0 Å². The van der Waals surface area contributed by atoms with E-state index in [9.17, 15) is 71.2 Å². The number of ether oxygens (including phenoxy) is 8. The Labute approximate surface area is 337 Å². The Morgan fingerprint density at radius 3 is 1.60 bits per heavy atom. The van der Waals surface area contributed by atoms with Crippen LogP contribution in [0.4, 0.5) is 0 Å². The van der Waals surface area contributed by atoms with Gasteiger partial charge in [-0.2, -0.15) is 0 Å². The minimum Gasteiger partial charge on any atom is -0.507 e. The van der Waals surface area contributed by atoms with Crippen LogP contribution in [0.15, 0.2) is 51.9 Å². The maximum atomic E-state index is 13.6. The van der Waals surface area contributed by atoms with E-state index >= 15 is 0 Å². The molecule has 2 aromatic carbocycles. The summed E-state index contributed by atoms with van der Waals surface area (Å²) in [6.07, 6.45) is -21.2. The molecule has 0 spiro atoms. The van der Waals surface area contributed by atoms with E-state index in [4.69, 9.17) is 42.3 Å². The number of hydrogen-bond acceptors (Lipinski definition) is 23. The molecule has 3 aromatic rings. The van der Waals surface area contributed by atoms with Gasteiger partial charge in [-0.05, 0) is 17.7 Å². The Morgan fingerprint density at radius 1 is 0.633 bits per heavy atom. The molecule has 332 valence electrons. The van der Waals surface area contributed by atoms with Crippen LogP contribution in [0.1, 0.15) is 0 Å². The van der Waals surface area contributed by atoms with E-state index in [0.29, 0.717) is 5.56 Å². The fourth-order valence-corrected chi connectivity index (χ4v) is 7.08. The lowest BCUT2D eigenvalue weighted by Gasteiger charge is -2.40. The molecule has 4 aliphatic heterocycles. The van der Waals surface area contributed by atoms with Crippen molar-refractivity contribution in [2.45, 2.75) is 97.4 Å². The summed E-state index contributed by atoms with van der Waals surface area (Å²) >= 11 is 0. The first-order valence-corrected chi connectivity index (χ1v) is 18.6. The SMILES string of the molecule is O=c1c(-c2ccc(O[C@@H]3OCC(O)(CO[C@@H]4OC(CO)[C@@H](O)[C@H](O)C4O)[C@@H]3O)cc2)coc2cc(O[C@@H]3OC[C@@](O)(CO[C@H]4OC(CO)[C@H](O)C(O)C4O)C3O)cc(O)c12. The fourth-order valence-electron chi connectivity index (χ4n) is 7.08. The number of phenolic OH excluding ortho intramolecular Hbond substituents is 1. The summed E-state index contributed by atoms with van der Waals surface area (Å²) in [5, 5.41) is 133. The molecule has 7 unspecified atom stereocenters. The summed E-state index contributed by atoms with van der Waals surface area (Å²) in [4.78, 5) is 13.6. The molecule has 4 fully saturated rings. The molecule has 23 nitrogen and oxygen atoms in total. The van der Waals surface area contributed by atoms with E-state index in [1.54, 1.807) is 0 Å². The maximum Gasteiger partial charge on any atom is 0.229 e. The Kier molecular flexibility index (Phi) is 13.0. The quantitative estimate of drug-likeness (QED) is 0.0762. The molecule has 0 radical (unpaired) electrons. The highest BCUT2D eigenvalue weighted by Crippen LogP contribution is 2.35. The minimum absolute atomic E-state index is 0.0221. The van der Waals surface area contributed by atoms with Crippen LogP contribution in [0.3, 0.4) is 0 Å². The molecule has 13 N–H and O–H groups in total. The zero-order chi connectivity index (χ0) is 43.3. The molecule has 4 aliphatic rings. The third kappa shape index (κ3) is 8.44. The monoisotopic (exact) mass is 858 g/mol. The number of rotatable bonds is 13. The second kappa shape index (κ2) is 17.6. The van der Waals surface area contributed by atoms with Gasteiger partial charge in [0.1, 0.15) is 107 Å². The second-order valence-corrected chi connectivity index (χ2v) is 15.0. The van der Waals surface area contributed by atoms with E-state index in [2.05, 4.69) is 0 Å². The predicted octanol–water partition coefficient (Wildman–Crippen LogP) is -5.55.